The van der Waals surface area contributed by atoms with Gasteiger partial charge in [-0.15, -0.1) is 0 Å². The number of aliphatic hydroxyl groups excluding tert-OH is 2. The van der Waals surface area contributed by atoms with Crippen molar-refractivity contribution in [2.24, 2.45) is 0 Å². The third-order valence-corrected chi connectivity index (χ3v) is 9.20. The molecule has 8 N–H and O–H groups in total. The molecule has 0 saturated heterocycles. The summed E-state index contributed by atoms with van der Waals surface area (Å²) in [4.78, 5) is 55.1. The van der Waals surface area contributed by atoms with E-state index in [0.29, 0.717) is 45.3 Å². The molecule has 0 radical (unpaired) electrons. The summed E-state index contributed by atoms with van der Waals surface area (Å²) < 4.78 is 34.8. The number of unbranched alkanes of at least 4 members (excludes halogenated alkanes) is 2. The number of hydrogen-bond donors (Lipinski definition) is 8. The second-order valence-corrected chi connectivity index (χ2v) is 14.9. The predicted octanol–water partition coefficient (Wildman–Crippen LogP) is 3.23. The summed E-state index contributed by atoms with van der Waals surface area (Å²) in [5.41, 5.74) is 1.01. The first-order valence-electron chi connectivity index (χ1n) is 15.6. The number of rotatable bonds is 25. The minimum atomic E-state index is -4.70. The number of para-hydroxylation sites is 2. The van der Waals surface area contributed by atoms with Crippen LogP contribution in [0.2, 0.25) is 0 Å². The fraction of sp³-hybridized carbons (Fsp3) is 0.594. The molecule has 0 saturated carbocycles. The Morgan fingerprint density at radius 1 is 0.760 bits per heavy atom. The average Bonchev–Trinajstić information content (AvgIpc) is 3.00. The van der Waals surface area contributed by atoms with E-state index in [1.165, 1.54) is 21.9 Å². The topological polar surface area (TPSA) is 238 Å². The number of nitrogens with zero attached hydrogens (tertiary/aromatic N) is 2. The third kappa shape index (κ3) is 18.7. The molecule has 50 heavy (non-hydrogen) atoms. The van der Waals surface area contributed by atoms with Gasteiger partial charge >= 0.3 is 32.3 Å². The molecule has 2 rings (SSSR count). The Balaban J connectivity index is 0.0000120. The van der Waals surface area contributed by atoms with E-state index < -0.39 is 47.0 Å². The van der Waals surface area contributed by atoms with Gasteiger partial charge in [0.05, 0.1) is 33.0 Å². The molecule has 18 heteroatoms. The fourth-order valence-electron chi connectivity index (χ4n) is 5.34. The minimum Gasteiger partial charge on any atom is -0.507 e. The summed E-state index contributed by atoms with van der Waals surface area (Å²) in [6.45, 7) is -0.233. The molecule has 1 unspecified atom stereocenters. The molecule has 0 bridgehead atoms. The molecule has 2 aromatic carbocycles. The summed E-state index contributed by atoms with van der Waals surface area (Å²) in [6, 6.07) is 8.54. The van der Waals surface area contributed by atoms with E-state index in [4.69, 9.17) is 9.47 Å². The smallest absolute Gasteiger partial charge is 0.507 e. The number of hydrogen-bond acceptors (Lipinski definition) is 11. The van der Waals surface area contributed by atoms with Crippen molar-refractivity contribution in [2.75, 3.05) is 46.0 Å². The zero-order chi connectivity index (χ0) is 35.7. The molecule has 0 fully saturated rings. The van der Waals surface area contributed by atoms with Crippen molar-refractivity contribution >= 4 is 21.0 Å². The van der Waals surface area contributed by atoms with Crippen molar-refractivity contribution < 1.29 is 80.5 Å². The van der Waals surface area contributed by atoms with Crippen LogP contribution in [-0.4, -0.2) is 108 Å². The van der Waals surface area contributed by atoms with Gasteiger partial charge in [0.15, 0.2) is 0 Å². The number of ether oxygens (including phenoxy) is 2. The molecule has 286 valence electrons. The Morgan fingerprint density at radius 3 is 1.82 bits per heavy atom. The zero-order valence-electron chi connectivity index (χ0n) is 27.6. The Labute approximate surface area is 305 Å². The first kappa shape index (κ1) is 48.3. The van der Waals surface area contributed by atoms with Crippen LogP contribution >= 0.6 is 15.2 Å². The molecule has 0 spiro atoms. The number of carbonyl (C=O) groups is 1. The molecule has 1 atom stereocenters. The number of phenols is 2. The van der Waals surface area contributed by atoms with E-state index >= 15 is 0 Å². The number of aromatic hydroxyl groups is 2. The standard InChI is InChI=1S/C31H50N2O13P2.CH4.Fe/c1-45-15-16-46-14-13-29(36)12-4-2-3-11-28(33(23-48(42,43)44)18-25-8-6-10-27(21-35)31(25)38)19-32(22-47(39,40)41)17-24-7-5-9-26(20-34)30(24)37;;/h5-10,28,34-35,37-38H,2-4,11-23H2,1H3,(H2,39,40,41)(H2,42,43,44);1H4;/q;;+2. The Hall–Kier alpha value is -1.71. The normalized spacial score (nSPS) is 12.5. The van der Waals surface area contributed by atoms with Crippen molar-refractivity contribution in [3.8, 4) is 11.5 Å². The molecule has 0 aliphatic heterocycles. The van der Waals surface area contributed by atoms with Crippen LogP contribution in [0.25, 0.3) is 0 Å². The maximum absolute atomic E-state index is 12.4. The second-order valence-electron chi connectivity index (χ2n) is 11.7. The maximum Gasteiger partial charge on any atom is 2.00 e. The fourth-order valence-corrected chi connectivity index (χ4v) is 6.89. The van der Waals surface area contributed by atoms with Crippen molar-refractivity contribution in [1.82, 2.24) is 9.80 Å². The molecule has 0 heterocycles. The number of Topliss-reactive ketones (excluding diaryl/α,β-unsaturated/α-hetero) is 1. The van der Waals surface area contributed by atoms with E-state index in [1.54, 1.807) is 31.4 Å². The van der Waals surface area contributed by atoms with Crippen LogP contribution in [0.5, 0.6) is 11.5 Å². The number of ketones is 1. The van der Waals surface area contributed by atoms with E-state index in [9.17, 15) is 53.9 Å². The Kier molecular flexibility index (Phi) is 23.7. The van der Waals surface area contributed by atoms with Gasteiger partial charge in [0.25, 0.3) is 0 Å². The summed E-state index contributed by atoms with van der Waals surface area (Å²) in [5.74, 6) is -0.445. The van der Waals surface area contributed by atoms with Gasteiger partial charge in [0.1, 0.15) is 29.9 Å². The van der Waals surface area contributed by atoms with Crippen LogP contribution in [0.1, 0.15) is 68.2 Å². The van der Waals surface area contributed by atoms with Gasteiger partial charge in [-0.2, -0.15) is 0 Å². The van der Waals surface area contributed by atoms with E-state index in [-0.39, 0.29) is 96.7 Å². The van der Waals surface area contributed by atoms with Gasteiger partial charge in [0.2, 0.25) is 0 Å². The molecule has 2 aromatic rings. The van der Waals surface area contributed by atoms with Gasteiger partial charge in [-0.25, -0.2) is 0 Å². The molecule has 0 amide bonds. The summed E-state index contributed by atoms with van der Waals surface area (Å²) in [6.07, 6.45) is 1.04. The quantitative estimate of drug-likeness (QED) is 0.0409. The van der Waals surface area contributed by atoms with E-state index in [0.717, 1.165) is 0 Å². The monoisotopic (exact) mass is 792 g/mol. The molecular formula is C32H54FeN2O13P2+2. The van der Waals surface area contributed by atoms with Gasteiger partial charge < -0.3 is 49.5 Å². The largest absolute Gasteiger partial charge is 2.00 e. The molecular weight excluding hydrogens is 738 g/mol. The van der Waals surface area contributed by atoms with Gasteiger partial charge in [0, 0.05) is 67.9 Å². The molecule has 0 aliphatic carbocycles. The Bertz CT molecular complexity index is 1380. The molecule has 0 aromatic heterocycles. The third-order valence-electron chi connectivity index (χ3n) is 7.70. The predicted molar refractivity (Wildman–Crippen MR) is 184 cm³/mol. The second kappa shape index (κ2) is 24.5. The van der Waals surface area contributed by atoms with Crippen LogP contribution in [0, 0.1) is 0 Å². The van der Waals surface area contributed by atoms with E-state index in [1.807, 2.05) is 0 Å². The number of methoxy groups -OCH3 is 1. The van der Waals surface area contributed by atoms with Crippen molar-refractivity contribution in [3.63, 3.8) is 0 Å². The van der Waals surface area contributed by atoms with Gasteiger partial charge in [-0.1, -0.05) is 56.7 Å². The van der Waals surface area contributed by atoms with Gasteiger partial charge in [-0.05, 0) is 12.8 Å². The van der Waals surface area contributed by atoms with Crippen molar-refractivity contribution in [3.05, 3.63) is 58.7 Å². The molecule has 15 nitrogen and oxygen atoms in total. The van der Waals surface area contributed by atoms with Gasteiger partial charge in [-0.3, -0.25) is 23.7 Å². The SMILES string of the molecule is C.COCCOCCC(=O)CCCCCC(CN(Cc1cccc(CO)c1O)CP(=O)(O)O)N(Cc1cccc(CO)c1O)CP(=O)(O)O.[Fe+2]. The van der Waals surface area contributed by atoms with Crippen LogP contribution in [0.4, 0.5) is 0 Å². The number of aliphatic hydroxyl groups is 2. The number of carbonyl (C=O) groups excluding carboxylic acids is 1. The summed E-state index contributed by atoms with van der Waals surface area (Å²) >= 11 is 0. The average molecular weight is 793 g/mol. The van der Waals surface area contributed by atoms with E-state index in [2.05, 4.69) is 0 Å². The Morgan fingerprint density at radius 2 is 1.30 bits per heavy atom. The summed E-state index contributed by atoms with van der Waals surface area (Å²) in [7, 11) is -7.81. The van der Waals surface area contributed by atoms with Crippen LogP contribution in [-0.2, 0) is 66.8 Å². The van der Waals surface area contributed by atoms with Crippen molar-refractivity contribution in [1.29, 1.82) is 0 Å². The zero-order valence-corrected chi connectivity index (χ0v) is 30.5. The maximum atomic E-state index is 12.4. The van der Waals surface area contributed by atoms with Crippen LogP contribution in [0.15, 0.2) is 36.4 Å². The molecule has 0 aliphatic rings. The van der Waals surface area contributed by atoms with Crippen LogP contribution < -0.4 is 0 Å². The number of benzene rings is 2. The summed E-state index contributed by atoms with van der Waals surface area (Å²) in [5, 5.41) is 40.6. The van der Waals surface area contributed by atoms with Crippen LogP contribution in [0.3, 0.4) is 0 Å². The first-order valence-corrected chi connectivity index (χ1v) is 19.2. The minimum absolute atomic E-state index is 0. The first-order chi connectivity index (χ1) is 22.7. The van der Waals surface area contributed by atoms with Crippen molar-refractivity contribution in [2.45, 2.75) is 78.3 Å².